The zero-order valence-corrected chi connectivity index (χ0v) is 10.1. The number of benzene rings is 1. The van der Waals surface area contributed by atoms with Crippen LogP contribution in [-0.2, 0) is 11.2 Å². The van der Waals surface area contributed by atoms with Crippen LogP contribution in [0.5, 0.6) is 11.5 Å². The molecule has 1 aliphatic heterocycles. The molecule has 98 valence electrons. The van der Waals surface area contributed by atoms with E-state index in [-0.39, 0.29) is 19.3 Å². The number of aliphatic hydroxyl groups excluding tert-OH is 1. The minimum absolute atomic E-state index is 0.00103. The van der Waals surface area contributed by atoms with Gasteiger partial charge in [0.1, 0.15) is 0 Å². The van der Waals surface area contributed by atoms with E-state index >= 15 is 0 Å². The van der Waals surface area contributed by atoms with Gasteiger partial charge in [-0.2, -0.15) is 0 Å². The van der Waals surface area contributed by atoms with E-state index in [0.29, 0.717) is 25.8 Å². The molecule has 1 aromatic carbocycles. The van der Waals surface area contributed by atoms with Crippen LogP contribution in [0.25, 0.3) is 0 Å². The summed E-state index contributed by atoms with van der Waals surface area (Å²) in [6.45, 7) is 0.888. The zero-order chi connectivity index (χ0) is 12.8. The average molecular weight is 251 g/mol. The topological polar surface area (TPSA) is 67.8 Å². The van der Waals surface area contributed by atoms with Crippen molar-refractivity contribution in [3.8, 4) is 11.5 Å². The monoisotopic (exact) mass is 251 g/mol. The molecular formula is C13H17NO4. The Kier molecular flexibility index (Phi) is 4.41. The fraction of sp³-hybridized carbons (Fsp3) is 0.462. The molecule has 1 aromatic rings. The molecule has 0 radical (unpaired) electrons. The quantitative estimate of drug-likeness (QED) is 0.735. The van der Waals surface area contributed by atoms with Crippen LogP contribution in [0.1, 0.15) is 18.4 Å². The summed E-state index contributed by atoms with van der Waals surface area (Å²) in [4.78, 5) is 11.5. The highest BCUT2D eigenvalue weighted by Gasteiger charge is 2.13. The van der Waals surface area contributed by atoms with Crippen molar-refractivity contribution in [3.05, 3.63) is 23.8 Å². The molecule has 0 atom stereocenters. The molecule has 0 aromatic heterocycles. The van der Waals surface area contributed by atoms with Gasteiger partial charge in [-0.15, -0.1) is 0 Å². The highest BCUT2D eigenvalue weighted by molar-refractivity contribution is 5.76. The SMILES string of the molecule is O=C(CCc1ccc2c(c1)OCO2)NCCCO. The molecule has 0 aliphatic carbocycles. The van der Waals surface area contributed by atoms with Crippen molar-refractivity contribution in [1.82, 2.24) is 5.32 Å². The van der Waals surface area contributed by atoms with Crippen LogP contribution in [0, 0.1) is 0 Å². The van der Waals surface area contributed by atoms with Gasteiger partial charge in [0.05, 0.1) is 0 Å². The first-order valence-electron chi connectivity index (χ1n) is 6.05. The van der Waals surface area contributed by atoms with Crippen LogP contribution in [0.2, 0.25) is 0 Å². The van der Waals surface area contributed by atoms with E-state index in [1.54, 1.807) is 0 Å². The summed E-state index contributed by atoms with van der Waals surface area (Å²) in [6.07, 6.45) is 1.70. The van der Waals surface area contributed by atoms with Crippen molar-refractivity contribution in [1.29, 1.82) is 0 Å². The van der Waals surface area contributed by atoms with Gasteiger partial charge in [0.2, 0.25) is 12.7 Å². The van der Waals surface area contributed by atoms with E-state index in [9.17, 15) is 4.79 Å². The number of nitrogens with one attached hydrogen (secondary N) is 1. The van der Waals surface area contributed by atoms with Gasteiger partial charge < -0.3 is 19.9 Å². The minimum atomic E-state index is 0.00103. The highest BCUT2D eigenvalue weighted by atomic mass is 16.7. The summed E-state index contributed by atoms with van der Waals surface area (Å²) < 4.78 is 10.5. The van der Waals surface area contributed by atoms with Gasteiger partial charge >= 0.3 is 0 Å². The Morgan fingerprint density at radius 3 is 3.00 bits per heavy atom. The summed E-state index contributed by atoms with van der Waals surface area (Å²) in [5, 5.41) is 11.4. The van der Waals surface area contributed by atoms with E-state index < -0.39 is 0 Å². The molecule has 1 heterocycles. The number of rotatable bonds is 6. The standard InChI is InChI=1S/C13H17NO4/c15-7-1-6-14-13(16)5-3-10-2-4-11-12(8-10)18-9-17-11/h2,4,8,15H,1,3,5-7,9H2,(H,14,16). The molecular weight excluding hydrogens is 234 g/mol. The Balaban J connectivity index is 1.78. The average Bonchev–Trinajstić information content (AvgIpc) is 2.84. The van der Waals surface area contributed by atoms with Crippen molar-refractivity contribution in [3.63, 3.8) is 0 Å². The van der Waals surface area contributed by atoms with Crippen molar-refractivity contribution in [2.45, 2.75) is 19.3 Å². The number of ether oxygens (including phenoxy) is 2. The van der Waals surface area contributed by atoms with Gasteiger partial charge in [0.15, 0.2) is 11.5 Å². The molecule has 0 spiro atoms. The maximum Gasteiger partial charge on any atom is 0.231 e. The number of carbonyl (C=O) groups excluding carboxylic acids is 1. The van der Waals surface area contributed by atoms with E-state index in [1.165, 1.54) is 0 Å². The van der Waals surface area contributed by atoms with Gasteiger partial charge in [-0.05, 0) is 30.5 Å². The Labute approximate surface area is 106 Å². The molecule has 2 rings (SSSR count). The third kappa shape index (κ3) is 3.37. The summed E-state index contributed by atoms with van der Waals surface area (Å²) in [6, 6.07) is 5.71. The number of carbonyl (C=O) groups is 1. The molecule has 18 heavy (non-hydrogen) atoms. The number of fused-ring (bicyclic) bond motifs is 1. The molecule has 0 bridgehead atoms. The van der Waals surface area contributed by atoms with Gasteiger partial charge in [0, 0.05) is 19.6 Å². The molecule has 5 nitrogen and oxygen atoms in total. The lowest BCUT2D eigenvalue weighted by Gasteiger charge is -2.05. The molecule has 1 aliphatic rings. The number of amides is 1. The van der Waals surface area contributed by atoms with Crippen molar-refractivity contribution in [2.75, 3.05) is 19.9 Å². The molecule has 5 heteroatoms. The van der Waals surface area contributed by atoms with Crippen molar-refractivity contribution < 1.29 is 19.4 Å². The lowest BCUT2D eigenvalue weighted by Crippen LogP contribution is -2.25. The fourth-order valence-corrected chi connectivity index (χ4v) is 1.75. The Morgan fingerprint density at radius 1 is 1.33 bits per heavy atom. The molecule has 2 N–H and O–H groups in total. The highest BCUT2D eigenvalue weighted by Crippen LogP contribution is 2.32. The van der Waals surface area contributed by atoms with E-state index in [4.69, 9.17) is 14.6 Å². The maximum absolute atomic E-state index is 11.5. The second-order valence-electron chi connectivity index (χ2n) is 4.11. The number of hydrogen-bond acceptors (Lipinski definition) is 4. The Hall–Kier alpha value is -1.75. The fourth-order valence-electron chi connectivity index (χ4n) is 1.75. The summed E-state index contributed by atoms with van der Waals surface area (Å²) in [7, 11) is 0. The van der Waals surface area contributed by atoms with Gasteiger partial charge in [0.25, 0.3) is 0 Å². The first-order chi connectivity index (χ1) is 8.79. The predicted octanol–water partition coefficient (Wildman–Crippen LogP) is 0.846. The van der Waals surface area contributed by atoms with Gasteiger partial charge in [-0.25, -0.2) is 0 Å². The maximum atomic E-state index is 11.5. The van der Waals surface area contributed by atoms with Crippen LogP contribution in [0.15, 0.2) is 18.2 Å². The smallest absolute Gasteiger partial charge is 0.231 e. The van der Waals surface area contributed by atoms with Crippen LogP contribution >= 0.6 is 0 Å². The lowest BCUT2D eigenvalue weighted by molar-refractivity contribution is -0.121. The Bertz CT molecular complexity index is 419. The summed E-state index contributed by atoms with van der Waals surface area (Å²) in [5.74, 6) is 1.50. The second-order valence-corrected chi connectivity index (χ2v) is 4.11. The van der Waals surface area contributed by atoms with E-state index in [2.05, 4.69) is 5.32 Å². The third-order valence-electron chi connectivity index (χ3n) is 2.73. The molecule has 0 fully saturated rings. The number of aliphatic hydroxyl groups is 1. The molecule has 0 saturated carbocycles. The minimum Gasteiger partial charge on any atom is -0.454 e. The second kappa shape index (κ2) is 6.26. The number of aryl methyl sites for hydroxylation is 1. The molecule has 0 saturated heterocycles. The predicted molar refractivity (Wildman–Crippen MR) is 65.6 cm³/mol. The van der Waals surface area contributed by atoms with E-state index in [1.807, 2.05) is 18.2 Å². The first-order valence-corrected chi connectivity index (χ1v) is 6.05. The normalized spacial score (nSPS) is 12.5. The summed E-state index contributed by atoms with van der Waals surface area (Å²) >= 11 is 0. The van der Waals surface area contributed by atoms with Crippen LogP contribution in [-0.4, -0.2) is 31.0 Å². The van der Waals surface area contributed by atoms with Crippen LogP contribution in [0.3, 0.4) is 0 Å². The largest absolute Gasteiger partial charge is 0.454 e. The van der Waals surface area contributed by atoms with Gasteiger partial charge in [-0.3, -0.25) is 4.79 Å². The third-order valence-corrected chi connectivity index (χ3v) is 2.73. The van der Waals surface area contributed by atoms with Crippen molar-refractivity contribution >= 4 is 5.91 Å². The lowest BCUT2D eigenvalue weighted by atomic mass is 10.1. The molecule has 0 unspecified atom stereocenters. The number of hydrogen-bond donors (Lipinski definition) is 2. The van der Waals surface area contributed by atoms with Crippen LogP contribution in [0.4, 0.5) is 0 Å². The first kappa shape index (κ1) is 12.7. The van der Waals surface area contributed by atoms with Gasteiger partial charge in [-0.1, -0.05) is 6.07 Å². The summed E-state index contributed by atoms with van der Waals surface area (Å²) in [5.41, 5.74) is 1.05. The van der Waals surface area contributed by atoms with Crippen molar-refractivity contribution in [2.24, 2.45) is 0 Å². The Morgan fingerprint density at radius 2 is 2.17 bits per heavy atom. The van der Waals surface area contributed by atoms with Crippen LogP contribution < -0.4 is 14.8 Å². The van der Waals surface area contributed by atoms with E-state index in [0.717, 1.165) is 17.1 Å². The zero-order valence-electron chi connectivity index (χ0n) is 10.1. The molecule has 1 amide bonds.